The van der Waals surface area contributed by atoms with E-state index >= 15 is 0 Å². The number of carboxylic acid groups (broad SMARTS) is 1. The Balaban J connectivity index is 2.90. The standard InChI is InChI=1S/C11H14N2O4/c1-7(10(15)16)6-13(11(12)17)8-2-4-9(14)5-3-8/h2-5,7,14H,6H2,1H3,(H2,12,17)(H,15,16)/p-1/t7-/m1/s1. The number of amides is 2. The van der Waals surface area contributed by atoms with Gasteiger partial charge in [0.2, 0.25) is 0 Å². The topological polar surface area (TPSA) is 107 Å². The summed E-state index contributed by atoms with van der Waals surface area (Å²) >= 11 is 0. The molecule has 0 heterocycles. The third-order valence-electron chi connectivity index (χ3n) is 2.29. The summed E-state index contributed by atoms with van der Waals surface area (Å²) in [5.41, 5.74) is 5.59. The average molecular weight is 237 g/mol. The van der Waals surface area contributed by atoms with Crippen LogP contribution >= 0.6 is 0 Å². The predicted octanol–water partition coefficient (Wildman–Crippen LogP) is -0.337. The lowest BCUT2D eigenvalue weighted by atomic mass is 10.1. The number of primary amides is 1. The van der Waals surface area contributed by atoms with Gasteiger partial charge in [-0.3, -0.25) is 4.90 Å². The summed E-state index contributed by atoms with van der Waals surface area (Å²) in [5, 5.41) is 19.7. The first-order chi connectivity index (χ1) is 7.91. The average Bonchev–Trinajstić information content (AvgIpc) is 2.26. The van der Waals surface area contributed by atoms with E-state index in [4.69, 9.17) is 10.8 Å². The van der Waals surface area contributed by atoms with Gasteiger partial charge < -0.3 is 20.7 Å². The van der Waals surface area contributed by atoms with Crippen LogP contribution in [0.1, 0.15) is 6.92 Å². The second-order valence-electron chi connectivity index (χ2n) is 3.69. The molecule has 1 atom stereocenters. The molecule has 0 saturated carbocycles. The molecule has 6 nitrogen and oxygen atoms in total. The molecule has 1 rings (SSSR count). The molecule has 0 spiro atoms. The van der Waals surface area contributed by atoms with E-state index in [1.807, 2.05) is 0 Å². The van der Waals surface area contributed by atoms with Crippen LogP contribution in [0, 0.1) is 5.92 Å². The third kappa shape index (κ3) is 3.37. The van der Waals surface area contributed by atoms with E-state index in [0.29, 0.717) is 5.69 Å². The number of carboxylic acids is 1. The van der Waals surface area contributed by atoms with E-state index in [2.05, 4.69) is 0 Å². The fraction of sp³-hybridized carbons (Fsp3) is 0.273. The Morgan fingerprint density at radius 3 is 2.35 bits per heavy atom. The van der Waals surface area contributed by atoms with Crippen molar-refractivity contribution in [3.05, 3.63) is 24.3 Å². The summed E-state index contributed by atoms with van der Waals surface area (Å²) in [5.74, 6) is -2.04. The molecule has 1 aromatic rings. The minimum Gasteiger partial charge on any atom is -0.550 e. The van der Waals surface area contributed by atoms with Gasteiger partial charge in [-0.05, 0) is 24.3 Å². The molecular formula is C11H13N2O4-. The number of nitrogens with zero attached hydrogens (tertiary/aromatic N) is 1. The highest BCUT2D eigenvalue weighted by atomic mass is 16.4. The van der Waals surface area contributed by atoms with Gasteiger partial charge in [0.05, 0.1) is 0 Å². The SMILES string of the molecule is C[C@H](CN(C(N)=O)c1ccc(O)cc1)C(=O)[O-]. The lowest BCUT2D eigenvalue weighted by Gasteiger charge is -2.24. The van der Waals surface area contributed by atoms with Crippen LogP contribution in [0.3, 0.4) is 0 Å². The number of urea groups is 1. The summed E-state index contributed by atoms with van der Waals surface area (Å²) in [6, 6.07) is 4.96. The van der Waals surface area contributed by atoms with Crippen LogP contribution in [0.2, 0.25) is 0 Å². The number of phenolic OH excluding ortho intramolecular Hbond substituents is 1. The predicted molar refractivity (Wildman–Crippen MR) is 59.2 cm³/mol. The van der Waals surface area contributed by atoms with Crippen molar-refractivity contribution >= 4 is 17.7 Å². The first-order valence-electron chi connectivity index (χ1n) is 4.98. The van der Waals surface area contributed by atoms with Crippen LogP contribution in [0.25, 0.3) is 0 Å². The largest absolute Gasteiger partial charge is 0.550 e. The van der Waals surface area contributed by atoms with Gasteiger partial charge in [0.1, 0.15) is 5.75 Å². The quantitative estimate of drug-likeness (QED) is 0.747. The van der Waals surface area contributed by atoms with Gasteiger partial charge in [-0.1, -0.05) is 6.92 Å². The maximum Gasteiger partial charge on any atom is 0.319 e. The fourth-order valence-electron chi connectivity index (χ4n) is 1.30. The van der Waals surface area contributed by atoms with Crippen molar-refractivity contribution < 1.29 is 19.8 Å². The number of anilines is 1. The maximum absolute atomic E-state index is 11.2. The van der Waals surface area contributed by atoms with E-state index in [-0.39, 0.29) is 12.3 Å². The van der Waals surface area contributed by atoms with Crippen molar-refractivity contribution in [3.8, 4) is 5.75 Å². The molecule has 0 fully saturated rings. The van der Waals surface area contributed by atoms with Crippen LogP contribution in [0.15, 0.2) is 24.3 Å². The Kier molecular flexibility index (Phi) is 3.92. The Hall–Kier alpha value is -2.24. The highest BCUT2D eigenvalue weighted by Crippen LogP contribution is 2.19. The molecule has 6 heteroatoms. The molecule has 0 aliphatic carbocycles. The van der Waals surface area contributed by atoms with Crippen LogP contribution in [-0.4, -0.2) is 23.7 Å². The van der Waals surface area contributed by atoms with Crippen LogP contribution < -0.4 is 15.7 Å². The summed E-state index contributed by atoms with van der Waals surface area (Å²) in [4.78, 5) is 22.9. The number of phenols is 1. The summed E-state index contributed by atoms with van der Waals surface area (Å²) in [6.45, 7) is 1.34. The zero-order chi connectivity index (χ0) is 13.0. The third-order valence-corrected chi connectivity index (χ3v) is 2.29. The molecule has 0 radical (unpaired) electrons. The van der Waals surface area contributed by atoms with E-state index in [0.717, 1.165) is 4.90 Å². The van der Waals surface area contributed by atoms with Gasteiger partial charge in [-0.2, -0.15) is 0 Å². The van der Waals surface area contributed by atoms with Crippen LogP contribution in [-0.2, 0) is 4.79 Å². The first kappa shape index (κ1) is 12.8. The highest BCUT2D eigenvalue weighted by molar-refractivity contribution is 5.91. The van der Waals surface area contributed by atoms with Crippen LogP contribution in [0.5, 0.6) is 5.75 Å². The van der Waals surface area contributed by atoms with E-state index in [1.54, 1.807) is 0 Å². The normalized spacial score (nSPS) is 11.8. The molecule has 0 aliphatic rings. The zero-order valence-electron chi connectivity index (χ0n) is 9.29. The molecule has 0 saturated heterocycles. The Morgan fingerprint density at radius 1 is 1.41 bits per heavy atom. The summed E-state index contributed by atoms with van der Waals surface area (Å²) < 4.78 is 0. The minimum absolute atomic E-state index is 0.0473. The number of benzene rings is 1. The molecule has 2 amide bonds. The molecular weight excluding hydrogens is 224 g/mol. The number of aliphatic carboxylic acids is 1. The smallest absolute Gasteiger partial charge is 0.319 e. The molecule has 3 N–H and O–H groups in total. The van der Waals surface area contributed by atoms with Crippen molar-refractivity contribution in [2.45, 2.75) is 6.92 Å². The number of hydrogen-bond donors (Lipinski definition) is 2. The van der Waals surface area contributed by atoms with E-state index < -0.39 is 17.9 Å². The number of carbonyl (C=O) groups excluding carboxylic acids is 2. The van der Waals surface area contributed by atoms with Crippen LogP contribution in [0.4, 0.5) is 10.5 Å². The second kappa shape index (κ2) is 5.20. The van der Waals surface area contributed by atoms with Gasteiger partial charge in [0, 0.05) is 24.1 Å². The Labute approximate surface area is 98.3 Å². The zero-order valence-corrected chi connectivity index (χ0v) is 9.29. The van der Waals surface area contributed by atoms with Gasteiger partial charge in [0.15, 0.2) is 0 Å². The van der Waals surface area contributed by atoms with Gasteiger partial charge in [-0.25, -0.2) is 4.79 Å². The Bertz CT molecular complexity index is 416. The molecule has 0 aliphatic heterocycles. The molecule has 0 unspecified atom stereocenters. The van der Waals surface area contributed by atoms with Gasteiger partial charge in [0.25, 0.3) is 0 Å². The first-order valence-corrected chi connectivity index (χ1v) is 4.98. The second-order valence-corrected chi connectivity index (χ2v) is 3.69. The fourth-order valence-corrected chi connectivity index (χ4v) is 1.30. The number of aromatic hydroxyl groups is 1. The minimum atomic E-state index is -1.25. The van der Waals surface area contributed by atoms with Crippen molar-refractivity contribution in [1.82, 2.24) is 0 Å². The summed E-state index contributed by atoms with van der Waals surface area (Å²) in [7, 11) is 0. The molecule has 17 heavy (non-hydrogen) atoms. The van der Waals surface area contributed by atoms with Crippen molar-refractivity contribution in [2.24, 2.45) is 11.7 Å². The lowest BCUT2D eigenvalue weighted by molar-refractivity contribution is -0.310. The molecule has 0 bridgehead atoms. The van der Waals surface area contributed by atoms with Crippen molar-refractivity contribution in [2.75, 3.05) is 11.4 Å². The monoisotopic (exact) mass is 237 g/mol. The van der Waals surface area contributed by atoms with E-state index in [9.17, 15) is 14.7 Å². The van der Waals surface area contributed by atoms with E-state index in [1.165, 1.54) is 31.2 Å². The number of nitrogens with two attached hydrogens (primary N) is 1. The van der Waals surface area contributed by atoms with Gasteiger partial charge in [-0.15, -0.1) is 0 Å². The molecule has 92 valence electrons. The maximum atomic E-state index is 11.2. The summed E-state index contributed by atoms with van der Waals surface area (Å²) in [6.07, 6.45) is 0. The van der Waals surface area contributed by atoms with Gasteiger partial charge >= 0.3 is 6.03 Å². The number of rotatable bonds is 4. The Morgan fingerprint density at radius 2 is 1.94 bits per heavy atom. The highest BCUT2D eigenvalue weighted by Gasteiger charge is 2.16. The number of carbonyl (C=O) groups is 2. The van der Waals surface area contributed by atoms with Crippen molar-refractivity contribution in [1.29, 1.82) is 0 Å². The number of hydrogen-bond acceptors (Lipinski definition) is 4. The molecule has 0 aromatic heterocycles. The molecule has 1 aromatic carbocycles. The van der Waals surface area contributed by atoms with Crippen molar-refractivity contribution in [3.63, 3.8) is 0 Å². The lowest BCUT2D eigenvalue weighted by Crippen LogP contribution is -2.43.